The summed E-state index contributed by atoms with van der Waals surface area (Å²) in [6.45, 7) is 1.42. The Labute approximate surface area is 263 Å². The molecule has 3 aromatic rings. The molecule has 6 N–H and O–H groups in total. The largest absolute Gasteiger partial charge is 0.508 e. The Hall–Kier alpha value is -4.97. The average Bonchev–Trinajstić information content (AvgIpc) is 3.01. The first kappa shape index (κ1) is 29.7. The van der Waals surface area contributed by atoms with Crippen LogP contribution in [0.1, 0.15) is 41.6 Å². The highest BCUT2D eigenvalue weighted by atomic mass is 16.5. The van der Waals surface area contributed by atoms with Crippen molar-refractivity contribution in [1.29, 1.82) is 0 Å². The van der Waals surface area contributed by atoms with Crippen LogP contribution in [0.25, 0.3) is 5.76 Å². The molecule has 1 aliphatic heterocycles. The van der Waals surface area contributed by atoms with Gasteiger partial charge in [0.1, 0.15) is 34.3 Å². The van der Waals surface area contributed by atoms with E-state index in [9.17, 15) is 39.9 Å². The smallest absolute Gasteiger partial charge is 0.259 e. The zero-order chi connectivity index (χ0) is 32.9. The Morgan fingerprint density at radius 1 is 0.913 bits per heavy atom. The number of carbonyl (C=O) groups is 3. The van der Waals surface area contributed by atoms with Crippen molar-refractivity contribution in [2.24, 2.45) is 11.8 Å². The number of hydrogen-bond donors (Lipinski definition) is 6. The second-order valence-electron chi connectivity index (χ2n) is 12.7. The lowest BCUT2D eigenvalue weighted by Gasteiger charge is -2.53. The molecule has 0 saturated heterocycles. The quantitative estimate of drug-likeness (QED) is 0.237. The van der Waals surface area contributed by atoms with E-state index in [2.05, 4.69) is 5.32 Å². The first-order chi connectivity index (χ1) is 21.8. The summed E-state index contributed by atoms with van der Waals surface area (Å²) in [6, 6.07) is 16.2. The van der Waals surface area contributed by atoms with Gasteiger partial charge in [0.25, 0.3) is 5.91 Å². The van der Waals surface area contributed by atoms with Crippen molar-refractivity contribution >= 4 is 23.2 Å². The van der Waals surface area contributed by atoms with Crippen molar-refractivity contribution in [3.8, 4) is 17.2 Å². The van der Waals surface area contributed by atoms with Gasteiger partial charge in [0.2, 0.25) is 5.78 Å². The molecule has 5 atom stereocenters. The zero-order valence-corrected chi connectivity index (χ0v) is 25.2. The number of ketones is 2. The Kier molecular flexibility index (Phi) is 6.47. The minimum atomic E-state index is -2.82. The number of aliphatic hydroxyl groups is 4. The Morgan fingerprint density at radius 3 is 2.13 bits per heavy atom. The fraction of sp³-hybridized carbons (Fsp3) is 0.286. The second-order valence-corrected chi connectivity index (χ2v) is 12.7. The number of likely N-dealkylation sites (N-methyl/N-ethyl adjacent to an activating group) is 1. The molecule has 7 rings (SSSR count). The first-order valence-corrected chi connectivity index (χ1v) is 14.9. The van der Waals surface area contributed by atoms with Crippen LogP contribution >= 0.6 is 0 Å². The van der Waals surface area contributed by atoms with Crippen molar-refractivity contribution < 1.29 is 44.7 Å². The molecule has 1 heterocycles. The average molecular weight is 625 g/mol. The number of hydrogen-bond acceptors (Lipinski definition) is 10. The van der Waals surface area contributed by atoms with E-state index >= 15 is 0 Å². The van der Waals surface area contributed by atoms with Crippen LogP contribution in [0.5, 0.6) is 17.2 Å². The molecule has 3 aliphatic carbocycles. The van der Waals surface area contributed by atoms with E-state index in [4.69, 9.17) is 4.74 Å². The molecule has 1 saturated carbocycles. The molecule has 4 aliphatic rings. The van der Waals surface area contributed by atoms with Crippen molar-refractivity contribution in [3.05, 3.63) is 106 Å². The third-order valence-electron chi connectivity index (χ3n) is 9.96. The predicted molar refractivity (Wildman–Crippen MR) is 164 cm³/mol. The summed E-state index contributed by atoms with van der Waals surface area (Å²) in [4.78, 5) is 44.1. The van der Waals surface area contributed by atoms with Gasteiger partial charge in [-0.1, -0.05) is 48.5 Å². The number of phenols is 1. The van der Waals surface area contributed by atoms with Gasteiger partial charge in [-0.05, 0) is 51.2 Å². The number of amides is 1. The summed E-state index contributed by atoms with van der Waals surface area (Å²) in [7, 11) is 3.09. The summed E-state index contributed by atoms with van der Waals surface area (Å²) in [5.41, 5.74) is -4.67. The van der Waals surface area contributed by atoms with Crippen molar-refractivity contribution in [3.63, 3.8) is 0 Å². The molecular formula is C35H32N2O9. The van der Waals surface area contributed by atoms with E-state index in [-0.39, 0.29) is 17.5 Å². The zero-order valence-electron chi connectivity index (χ0n) is 25.2. The number of ether oxygens (including phenoxy) is 1. The predicted octanol–water partition coefficient (Wildman–Crippen LogP) is 3.16. The number of aromatic hydroxyl groups is 1. The molecule has 0 unspecified atom stereocenters. The van der Waals surface area contributed by atoms with Gasteiger partial charge in [-0.15, -0.1) is 0 Å². The number of nitrogens with zero attached hydrogens (tertiary/aromatic N) is 1. The van der Waals surface area contributed by atoms with Crippen LogP contribution < -0.4 is 10.1 Å². The van der Waals surface area contributed by atoms with Crippen molar-refractivity contribution in [1.82, 2.24) is 10.2 Å². The molecular weight excluding hydrogens is 592 g/mol. The second kappa shape index (κ2) is 10.0. The summed E-state index contributed by atoms with van der Waals surface area (Å²) >= 11 is 0. The van der Waals surface area contributed by atoms with Gasteiger partial charge >= 0.3 is 0 Å². The van der Waals surface area contributed by atoms with E-state index in [0.717, 1.165) is 0 Å². The van der Waals surface area contributed by atoms with Gasteiger partial charge in [0.15, 0.2) is 11.4 Å². The standard InChI is InChI=1S/C35H32N2O9/c1-34(44)18-11-8-12-21(38)24(18)29(39)25-19(34)15-20-28(37(2)3)30(40)26(32(42)35(20,45)31(25)41)33(43)36-27-16-9-4-6-13-22(16)46-23-14-7-5-10-17(23)27/h4-14,19-20,27-28,38-39,42,44-45H,15H2,1-3H3,(H,36,43)/t19-,20-,28+,34+,35-/m1/s1. The number of carbonyl (C=O) groups excluding carboxylic acids is 3. The van der Waals surface area contributed by atoms with Crippen LogP contribution in [0.2, 0.25) is 0 Å². The number of Topliss-reactive ketones (excluding diaryl/α,β-unsaturated/α-hetero) is 2. The number of rotatable bonds is 3. The van der Waals surface area contributed by atoms with Gasteiger partial charge in [-0.25, -0.2) is 0 Å². The van der Waals surface area contributed by atoms with E-state index in [1.54, 1.807) is 62.6 Å². The molecule has 0 spiro atoms. The lowest BCUT2D eigenvalue weighted by atomic mass is 9.54. The summed E-state index contributed by atoms with van der Waals surface area (Å²) in [5.74, 6) is -6.68. The van der Waals surface area contributed by atoms with E-state index in [0.29, 0.717) is 22.6 Å². The van der Waals surface area contributed by atoms with E-state index in [1.807, 2.05) is 0 Å². The number of fused-ring (bicyclic) bond motifs is 5. The molecule has 11 heteroatoms. The Morgan fingerprint density at radius 2 is 1.52 bits per heavy atom. The lowest BCUT2D eigenvalue weighted by Crippen LogP contribution is -2.67. The van der Waals surface area contributed by atoms with Gasteiger partial charge in [-0.3, -0.25) is 19.3 Å². The van der Waals surface area contributed by atoms with Gasteiger partial charge in [0.05, 0.1) is 23.2 Å². The van der Waals surface area contributed by atoms with Crippen LogP contribution in [0, 0.1) is 11.8 Å². The molecule has 1 fully saturated rings. The van der Waals surface area contributed by atoms with E-state index < -0.39 is 81.0 Å². The Bertz CT molecular complexity index is 1880. The Balaban J connectivity index is 1.37. The number of nitrogens with one attached hydrogen (secondary N) is 1. The highest BCUT2D eigenvalue weighted by Gasteiger charge is 2.66. The minimum absolute atomic E-state index is 0.164. The fourth-order valence-electron chi connectivity index (χ4n) is 7.75. The monoisotopic (exact) mass is 624 g/mol. The number of para-hydroxylation sites is 2. The summed E-state index contributed by atoms with van der Waals surface area (Å²) < 4.78 is 6.00. The SMILES string of the molecule is CN(C)[C@@H]1C(=O)C(C(=O)NC2c3ccccc3Oc3ccccc32)=C(O)[C@]2(O)C(=O)C3=C(O)c4c(O)cccc4[C@](C)(O)[C@@H]3C[C@H]12. The van der Waals surface area contributed by atoms with Crippen LogP contribution in [0.4, 0.5) is 0 Å². The van der Waals surface area contributed by atoms with Crippen LogP contribution in [-0.4, -0.2) is 73.6 Å². The third kappa shape index (κ3) is 3.85. The highest BCUT2D eigenvalue weighted by molar-refractivity contribution is 6.25. The maximum Gasteiger partial charge on any atom is 0.259 e. The minimum Gasteiger partial charge on any atom is -0.508 e. The van der Waals surface area contributed by atoms with Gasteiger partial charge < -0.3 is 35.6 Å². The number of aliphatic hydroxyl groups excluding tert-OH is 2. The van der Waals surface area contributed by atoms with Crippen LogP contribution in [-0.2, 0) is 20.0 Å². The maximum atomic E-state index is 14.4. The molecule has 11 nitrogen and oxygen atoms in total. The first-order valence-electron chi connectivity index (χ1n) is 14.9. The molecule has 0 bridgehead atoms. The molecule has 0 radical (unpaired) electrons. The van der Waals surface area contributed by atoms with E-state index in [1.165, 1.54) is 30.0 Å². The summed E-state index contributed by atoms with van der Waals surface area (Å²) in [6.07, 6.45) is -0.224. The fourth-order valence-corrected chi connectivity index (χ4v) is 7.75. The molecule has 3 aromatic carbocycles. The van der Waals surface area contributed by atoms with Gasteiger partial charge in [0, 0.05) is 28.5 Å². The van der Waals surface area contributed by atoms with Crippen LogP contribution in [0.3, 0.4) is 0 Å². The molecule has 236 valence electrons. The normalized spacial score (nSPS) is 28.5. The van der Waals surface area contributed by atoms with Gasteiger partial charge in [-0.2, -0.15) is 0 Å². The third-order valence-corrected chi connectivity index (χ3v) is 9.96. The lowest BCUT2D eigenvalue weighted by molar-refractivity contribution is -0.159. The molecule has 1 amide bonds. The number of benzene rings is 3. The topological polar surface area (TPSA) is 177 Å². The summed E-state index contributed by atoms with van der Waals surface area (Å²) in [5, 5.41) is 60.4. The highest BCUT2D eigenvalue weighted by Crippen LogP contribution is 2.57. The maximum absolute atomic E-state index is 14.4. The molecule has 0 aromatic heterocycles. The number of phenolic OH excluding ortho intramolecular Hbond substituents is 1. The van der Waals surface area contributed by atoms with Crippen LogP contribution in [0.15, 0.2) is 83.6 Å². The van der Waals surface area contributed by atoms with Crippen molar-refractivity contribution in [2.75, 3.05) is 14.1 Å². The molecule has 46 heavy (non-hydrogen) atoms. The van der Waals surface area contributed by atoms with Crippen molar-refractivity contribution in [2.45, 2.75) is 36.6 Å².